The average Bonchev–Trinajstić information content (AvgIpc) is 2.21. The fourth-order valence-electron chi connectivity index (χ4n) is 1.68. The molecule has 0 amide bonds. The molecule has 0 aliphatic carbocycles. The molecule has 4 heteroatoms. The lowest BCUT2D eigenvalue weighted by Crippen LogP contribution is -2.40. The molecule has 16 heavy (non-hydrogen) atoms. The van der Waals surface area contributed by atoms with Crippen LogP contribution in [-0.4, -0.2) is 30.7 Å². The van der Waals surface area contributed by atoms with Crippen LogP contribution in [0, 0.1) is 5.92 Å². The Labute approximate surface area is 98.0 Å². The molecule has 1 nitrogen and oxygen atoms in total. The molecule has 100 valence electrons. The standard InChI is InChI=1S/C8H14F3N.2C2H6/c1-7-3-2-4-12(5-7)6-8(9,10)11;2*1-2/h7H,2-6H2,1H3;2*1-2H3/t7-;;/m0../s1. The number of hydrogen-bond acceptors (Lipinski definition) is 1. The third-order valence-electron chi connectivity index (χ3n) is 2.14. The van der Waals surface area contributed by atoms with Gasteiger partial charge in [0, 0.05) is 6.54 Å². The number of piperidine rings is 1. The summed E-state index contributed by atoms with van der Waals surface area (Å²) in [6.45, 7) is 10.5. The molecule has 0 aromatic heterocycles. The first-order valence-electron chi connectivity index (χ1n) is 6.26. The maximum Gasteiger partial charge on any atom is 0.401 e. The Bertz CT molecular complexity index is 146. The Morgan fingerprint density at radius 1 is 1.12 bits per heavy atom. The van der Waals surface area contributed by atoms with E-state index in [9.17, 15) is 13.2 Å². The van der Waals surface area contributed by atoms with Crippen LogP contribution in [0.2, 0.25) is 0 Å². The minimum absolute atomic E-state index is 0.418. The highest BCUT2D eigenvalue weighted by atomic mass is 19.4. The molecule has 0 spiro atoms. The fourth-order valence-corrected chi connectivity index (χ4v) is 1.68. The van der Waals surface area contributed by atoms with E-state index in [4.69, 9.17) is 0 Å². The molecule has 0 saturated carbocycles. The Morgan fingerprint density at radius 2 is 1.62 bits per heavy atom. The summed E-state index contributed by atoms with van der Waals surface area (Å²) in [5.74, 6) is 0.418. The van der Waals surface area contributed by atoms with E-state index in [1.807, 2.05) is 34.6 Å². The summed E-state index contributed by atoms with van der Waals surface area (Å²) in [6, 6.07) is 0. The van der Waals surface area contributed by atoms with Gasteiger partial charge in [-0.25, -0.2) is 0 Å². The molecule has 1 saturated heterocycles. The Morgan fingerprint density at radius 3 is 2.00 bits per heavy atom. The highest BCUT2D eigenvalue weighted by Crippen LogP contribution is 2.21. The normalized spacial score (nSPS) is 21.4. The van der Waals surface area contributed by atoms with Gasteiger partial charge in [0.2, 0.25) is 0 Å². The van der Waals surface area contributed by atoms with Gasteiger partial charge in [0.05, 0.1) is 6.54 Å². The van der Waals surface area contributed by atoms with Crippen molar-refractivity contribution in [2.45, 2.75) is 53.6 Å². The van der Waals surface area contributed by atoms with Crippen molar-refractivity contribution in [3.63, 3.8) is 0 Å². The van der Waals surface area contributed by atoms with E-state index in [1.165, 1.54) is 4.90 Å². The van der Waals surface area contributed by atoms with Gasteiger partial charge in [-0.05, 0) is 25.3 Å². The van der Waals surface area contributed by atoms with Crippen LogP contribution in [0.15, 0.2) is 0 Å². The van der Waals surface area contributed by atoms with Crippen LogP contribution in [0.3, 0.4) is 0 Å². The molecule has 0 aromatic rings. The van der Waals surface area contributed by atoms with Gasteiger partial charge in [-0.1, -0.05) is 34.6 Å². The molecule has 0 aromatic carbocycles. The molecule has 1 heterocycles. The third-order valence-corrected chi connectivity index (χ3v) is 2.14. The summed E-state index contributed by atoms with van der Waals surface area (Å²) in [5, 5.41) is 0. The van der Waals surface area contributed by atoms with Crippen LogP contribution < -0.4 is 0 Å². The molecule has 0 N–H and O–H groups in total. The van der Waals surface area contributed by atoms with E-state index in [-0.39, 0.29) is 0 Å². The Hall–Kier alpha value is -0.250. The molecule has 0 unspecified atom stereocenters. The van der Waals surface area contributed by atoms with Gasteiger partial charge in [0.1, 0.15) is 0 Å². The van der Waals surface area contributed by atoms with Crippen molar-refractivity contribution < 1.29 is 13.2 Å². The number of likely N-dealkylation sites (tertiary alicyclic amines) is 1. The monoisotopic (exact) mass is 241 g/mol. The summed E-state index contributed by atoms with van der Waals surface area (Å²) in [4.78, 5) is 1.49. The van der Waals surface area contributed by atoms with E-state index in [1.54, 1.807) is 0 Å². The van der Waals surface area contributed by atoms with E-state index < -0.39 is 12.7 Å². The van der Waals surface area contributed by atoms with Crippen molar-refractivity contribution in [3.8, 4) is 0 Å². The maximum absolute atomic E-state index is 11.9. The van der Waals surface area contributed by atoms with E-state index >= 15 is 0 Å². The van der Waals surface area contributed by atoms with Crippen molar-refractivity contribution in [3.05, 3.63) is 0 Å². The summed E-state index contributed by atoms with van der Waals surface area (Å²) in [6.07, 6.45) is -2.07. The van der Waals surface area contributed by atoms with Crippen molar-refractivity contribution in [2.24, 2.45) is 5.92 Å². The maximum atomic E-state index is 11.9. The average molecular weight is 241 g/mol. The van der Waals surface area contributed by atoms with E-state index in [0.29, 0.717) is 19.0 Å². The first kappa shape index (κ1) is 18.1. The van der Waals surface area contributed by atoms with Gasteiger partial charge in [-0.3, -0.25) is 4.90 Å². The molecule has 1 rings (SSSR count). The predicted molar refractivity (Wildman–Crippen MR) is 63.6 cm³/mol. The van der Waals surface area contributed by atoms with Crippen LogP contribution in [-0.2, 0) is 0 Å². The number of alkyl halides is 3. The van der Waals surface area contributed by atoms with Crippen LogP contribution in [0.5, 0.6) is 0 Å². The van der Waals surface area contributed by atoms with Gasteiger partial charge >= 0.3 is 6.18 Å². The molecule has 1 aliphatic rings. The second-order valence-electron chi connectivity index (χ2n) is 3.60. The van der Waals surface area contributed by atoms with Gasteiger partial charge in [0.25, 0.3) is 0 Å². The second-order valence-corrected chi connectivity index (χ2v) is 3.60. The van der Waals surface area contributed by atoms with Crippen molar-refractivity contribution in [1.29, 1.82) is 0 Å². The van der Waals surface area contributed by atoms with E-state index in [0.717, 1.165) is 12.8 Å². The lowest BCUT2D eigenvalue weighted by molar-refractivity contribution is -0.149. The highest BCUT2D eigenvalue weighted by Gasteiger charge is 2.32. The van der Waals surface area contributed by atoms with E-state index in [2.05, 4.69) is 0 Å². The lowest BCUT2D eigenvalue weighted by Gasteiger charge is -2.31. The van der Waals surface area contributed by atoms with Crippen LogP contribution >= 0.6 is 0 Å². The lowest BCUT2D eigenvalue weighted by atomic mass is 10.0. The fraction of sp³-hybridized carbons (Fsp3) is 1.00. The van der Waals surface area contributed by atoms with Gasteiger partial charge in [-0.15, -0.1) is 0 Å². The number of halogens is 3. The van der Waals surface area contributed by atoms with Crippen LogP contribution in [0.25, 0.3) is 0 Å². The minimum Gasteiger partial charge on any atom is -0.295 e. The number of nitrogens with zero attached hydrogens (tertiary/aromatic N) is 1. The predicted octanol–water partition coefficient (Wildman–Crippen LogP) is 4.33. The van der Waals surface area contributed by atoms with Crippen LogP contribution in [0.1, 0.15) is 47.5 Å². The number of rotatable bonds is 1. The van der Waals surface area contributed by atoms with Crippen molar-refractivity contribution >= 4 is 0 Å². The number of hydrogen-bond donors (Lipinski definition) is 0. The van der Waals surface area contributed by atoms with Crippen LogP contribution in [0.4, 0.5) is 13.2 Å². The summed E-state index contributed by atoms with van der Waals surface area (Å²) in [5.41, 5.74) is 0. The largest absolute Gasteiger partial charge is 0.401 e. The SMILES string of the molecule is CC.CC.C[C@H]1CCCN(CC(F)(F)F)C1. The third kappa shape index (κ3) is 10.3. The molecular formula is C12H26F3N. The Balaban J connectivity index is 0. The quantitative estimate of drug-likeness (QED) is 0.660. The zero-order chi connectivity index (χ0) is 13.2. The molecule has 1 aliphatic heterocycles. The molecule has 0 radical (unpaired) electrons. The highest BCUT2D eigenvalue weighted by molar-refractivity contribution is 4.71. The summed E-state index contributed by atoms with van der Waals surface area (Å²) >= 11 is 0. The van der Waals surface area contributed by atoms with Crippen molar-refractivity contribution in [2.75, 3.05) is 19.6 Å². The van der Waals surface area contributed by atoms with Gasteiger partial charge in [0.15, 0.2) is 0 Å². The first-order valence-corrected chi connectivity index (χ1v) is 6.26. The summed E-state index contributed by atoms with van der Waals surface area (Å²) in [7, 11) is 0. The first-order chi connectivity index (χ1) is 7.47. The Kier molecular flexibility index (Phi) is 11.3. The zero-order valence-electron chi connectivity index (χ0n) is 11.2. The summed E-state index contributed by atoms with van der Waals surface area (Å²) < 4.78 is 35.8. The van der Waals surface area contributed by atoms with Gasteiger partial charge in [-0.2, -0.15) is 13.2 Å². The molecule has 1 atom stereocenters. The smallest absolute Gasteiger partial charge is 0.295 e. The minimum atomic E-state index is -4.03. The zero-order valence-corrected chi connectivity index (χ0v) is 11.2. The molecule has 0 bridgehead atoms. The molecular weight excluding hydrogens is 215 g/mol. The second kappa shape index (κ2) is 9.94. The van der Waals surface area contributed by atoms with Gasteiger partial charge < -0.3 is 0 Å². The van der Waals surface area contributed by atoms with Crippen molar-refractivity contribution in [1.82, 2.24) is 4.90 Å². The topological polar surface area (TPSA) is 3.24 Å². The molecule has 1 fully saturated rings.